The molecular formula is C17H27N5O2. The van der Waals surface area contributed by atoms with Crippen LogP contribution in [0.15, 0.2) is 16.8 Å². The van der Waals surface area contributed by atoms with E-state index < -0.39 is 0 Å². The van der Waals surface area contributed by atoms with Crippen LogP contribution < -0.4 is 10.6 Å². The Balaban J connectivity index is 1.79. The predicted molar refractivity (Wildman–Crippen MR) is 93.1 cm³/mol. The number of hydrogen-bond donors (Lipinski definition) is 2. The molecule has 0 fully saturated rings. The lowest BCUT2D eigenvalue weighted by atomic mass is 10.1. The van der Waals surface area contributed by atoms with E-state index in [0.29, 0.717) is 18.3 Å². The molecule has 0 aliphatic heterocycles. The van der Waals surface area contributed by atoms with Crippen LogP contribution in [0.5, 0.6) is 0 Å². The van der Waals surface area contributed by atoms with Crippen LogP contribution in [-0.2, 0) is 6.42 Å². The van der Waals surface area contributed by atoms with E-state index in [1.54, 1.807) is 6.20 Å². The van der Waals surface area contributed by atoms with Crippen molar-refractivity contribution in [2.24, 2.45) is 5.92 Å². The van der Waals surface area contributed by atoms with E-state index in [2.05, 4.69) is 41.7 Å². The van der Waals surface area contributed by atoms with Crippen LogP contribution in [0.25, 0.3) is 0 Å². The first-order valence-electron chi connectivity index (χ1n) is 8.40. The molecule has 0 aliphatic rings. The zero-order valence-electron chi connectivity index (χ0n) is 15.1. The van der Waals surface area contributed by atoms with Crippen molar-refractivity contribution >= 4 is 11.8 Å². The first-order chi connectivity index (χ1) is 11.4. The van der Waals surface area contributed by atoms with Crippen LogP contribution in [0.1, 0.15) is 50.3 Å². The average molecular weight is 333 g/mol. The summed E-state index contributed by atoms with van der Waals surface area (Å²) in [6.07, 6.45) is 3.37. The molecule has 1 atom stereocenters. The van der Waals surface area contributed by atoms with Gasteiger partial charge in [-0.3, -0.25) is 5.32 Å². The highest BCUT2D eigenvalue weighted by molar-refractivity contribution is 5.88. The number of rotatable bonds is 7. The third kappa shape index (κ3) is 4.37. The van der Waals surface area contributed by atoms with Crippen molar-refractivity contribution in [3.63, 3.8) is 0 Å². The third-order valence-corrected chi connectivity index (χ3v) is 4.33. The number of nitrogens with one attached hydrogen (secondary N) is 2. The minimum atomic E-state index is -0.216. The molecule has 2 rings (SSSR count). The number of nitrogens with zero attached hydrogens (tertiary/aromatic N) is 3. The van der Waals surface area contributed by atoms with Gasteiger partial charge in [-0.1, -0.05) is 19.0 Å². The van der Waals surface area contributed by atoms with Gasteiger partial charge in [-0.15, -0.1) is 0 Å². The molecule has 0 radical (unpaired) electrons. The smallest absolute Gasteiger partial charge is 0.320 e. The van der Waals surface area contributed by atoms with E-state index in [1.807, 2.05) is 24.6 Å². The van der Waals surface area contributed by atoms with Crippen molar-refractivity contribution < 1.29 is 9.32 Å². The summed E-state index contributed by atoms with van der Waals surface area (Å²) in [5.74, 6) is 1.99. The summed E-state index contributed by atoms with van der Waals surface area (Å²) >= 11 is 0. The summed E-state index contributed by atoms with van der Waals surface area (Å²) in [6.45, 7) is 10.8. The molecule has 7 nitrogen and oxygen atoms in total. The molecule has 0 bridgehead atoms. The number of aryl methyl sites for hydroxylation is 2. The Labute approximate surface area is 142 Å². The summed E-state index contributed by atoms with van der Waals surface area (Å²) in [5, 5.41) is 14.0. The van der Waals surface area contributed by atoms with Crippen molar-refractivity contribution in [1.82, 2.24) is 20.3 Å². The molecule has 0 unspecified atom stereocenters. The molecule has 132 valence electrons. The van der Waals surface area contributed by atoms with Crippen LogP contribution in [0.3, 0.4) is 0 Å². The number of amides is 2. The summed E-state index contributed by atoms with van der Waals surface area (Å²) < 4.78 is 6.98. The van der Waals surface area contributed by atoms with Gasteiger partial charge in [0, 0.05) is 18.2 Å². The van der Waals surface area contributed by atoms with Gasteiger partial charge in [0.15, 0.2) is 0 Å². The Bertz CT molecular complexity index is 655. The summed E-state index contributed by atoms with van der Waals surface area (Å²) in [4.78, 5) is 12.1. The van der Waals surface area contributed by atoms with Crippen LogP contribution in [0, 0.1) is 19.8 Å². The van der Waals surface area contributed by atoms with E-state index in [-0.39, 0.29) is 12.1 Å². The summed E-state index contributed by atoms with van der Waals surface area (Å²) in [6, 6.07) is 1.81. The fourth-order valence-corrected chi connectivity index (χ4v) is 2.51. The maximum absolute atomic E-state index is 12.1. The summed E-state index contributed by atoms with van der Waals surface area (Å²) in [7, 11) is 0. The summed E-state index contributed by atoms with van der Waals surface area (Å²) in [5.41, 5.74) is 2.05. The molecule has 0 spiro atoms. The number of urea groups is 1. The first-order valence-corrected chi connectivity index (χ1v) is 8.40. The van der Waals surface area contributed by atoms with E-state index in [1.165, 1.54) is 0 Å². The number of carbonyl (C=O) groups is 1. The molecule has 2 aromatic rings. The van der Waals surface area contributed by atoms with Crippen molar-refractivity contribution in [3.8, 4) is 0 Å². The van der Waals surface area contributed by atoms with Gasteiger partial charge in [0.25, 0.3) is 0 Å². The largest absolute Gasteiger partial charge is 0.361 e. The predicted octanol–water partition coefficient (Wildman–Crippen LogP) is 3.46. The highest BCUT2D eigenvalue weighted by Gasteiger charge is 2.15. The van der Waals surface area contributed by atoms with Gasteiger partial charge in [-0.2, -0.15) is 5.10 Å². The van der Waals surface area contributed by atoms with Crippen molar-refractivity contribution in [2.75, 3.05) is 11.9 Å². The minimum absolute atomic E-state index is 0.216. The Hall–Kier alpha value is -2.31. The Morgan fingerprint density at radius 3 is 2.71 bits per heavy atom. The van der Waals surface area contributed by atoms with Crippen LogP contribution in [0.2, 0.25) is 0 Å². The molecule has 7 heteroatoms. The number of hydrogen-bond acceptors (Lipinski definition) is 4. The molecule has 0 saturated heterocycles. The van der Waals surface area contributed by atoms with E-state index >= 15 is 0 Å². The Kier molecular flexibility index (Phi) is 6.00. The lowest BCUT2D eigenvalue weighted by molar-refractivity contribution is 0.251. The van der Waals surface area contributed by atoms with Crippen LogP contribution in [-0.4, -0.2) is 27.5 Å². The van der Waals surface area contributed by atoms with Crippen molar-refractivity contribution in [3.05, 3.63) is 29.3 Å². The first kappa shape index (κ1) is 18.0. The molecule has 0 saturated carbocycles. The van der Waals surface area contributed by atoms with Gasteiger partial charge >= 0.3 is 6.03 Å². The minimum Gasteiger partial charge on any atom is -0.361 e. The molecule has 0 aliphatic carbocycles. The van der Waals surface area contributed by atoms with Crippen molar-refractivity contribution in [2.45, 2.75) is 53.5 Å². The standard InChI is InChI=1S/C17H27N5O2/c1-11(2)13(4)22-16(8-10-19-22)20-17(23)18-9-6-7-15-12(3)21-24-14(15)5/h8,10-11,13H,6-7,9H2,1-5H3,(H2,18,20,23)/t13-/m0/s1. The second-order valence-corrected chi connectivity index (χ2v) is 6.43. The number of carbonyl (C=O) groups excluding carboxylic acids is 1. The highest BCUT2D eigenvalue weighted by atomic mass is 16.5. The van der Waals surface area contributed by atoms with Crippen LogP contribution >= 0.6 is 0 Å². The lowest BCUT2D eigenvalue weighted by Gasteiger charge is -2.19. The number of aromatic nitrogens is 3. The fraction of sp³-hybridized carbons (Fsp3) is 0.588. The maximum atomic E-state index is 12.1. The Morgan fingerprint density at radius 2 is 2.08 bits per heavy atom. The van der Waals surface area contributed by atoms with Gasteiger partial charge in [0.1, 0.15) is 11.6 Å². The molecular weight excluding hydrogens is 306 g/mol. The van der Waals surface area contributed by atoms with Gasteiger partial charge in [-0.25, -0.2) is 9.48 Å². The molecule has 2 heterocycles. The highest BCUT2D eigenvalue weighted by Crippen LogP contribution is 2.20. The average Bonchev–Trinajstić information content (AvgIpc) is 3.11. The topological polar surface area (TPSA) is 85.0 Å². The maximum Gasteiger partial charge on any atom is 0.320 e. The fourth-order valence-electron chi connectivity index (χ4n) is 2.51. The van der Waals surface area contributed by atoms with E-state index in [9.17, 15) is 4.79 Å². The second kappa shape index (κ2) is 7.99. The third-order valence-electron chi connectivity index (χ3n) is 4.33. The van der Waals surface area contributed by atoms with Gasteiger partial charge in [0.05, 0.1) is 17.9 Å². The molecule has 2 amide bonds. The normalized spacial score (nSPS) is 12.4. The monoisotopic (exact) mass is 333 g/mol. The van der Waals surface area contributed by atoms with Crippen molar-refractivity contribution in [1.29, 1.82) is 0 Å². The number of anilines is 1. The Morgan fingerprint density at radius 1 is 1.33 bits per heavy atom. The second-order valence-electron chi connectivity index (χ2n) is 6.43. The van der Waals surface area contributed by atoms with Gasteiger partial charge in [0.2, 0.25) is 0 Å². The zero-order valence-corrected chi connectivity index (χ0v) is 15.1. The molecule has 2 aromatic heterocycles. The lowest BCUT2D eigenvalue weighted by Crippen LogP contribution is -2.31. The SMILES string of the molecule is Cc1noc(C)c1CCCNC(=O)Nc1ccnn1[C@@H](C)C(C)C. The molecule has 2 N–H and O–H groups in total. The quantitative estimate of drug-likeness (QED) is 0.760. The van der Waals surface area contributed by atoms with E-state index in [4.69, 9.17) is 4.52 Å². The van der Waals surface area contributed by atoms with E-state index in [0.717, 1.165) is 29.9 Å². The zero-order chi connectivity index (χ0) is 17.7. The molecule has 24 heavy (non-hydrogen) atoms. The van der Waals surface area contributed by atoms with Gasteiger partial charge < -0.3 is 9.84 Å². The van der Waals surface area contributed by atoms with Crippen LogP contribution in [0.4, 0.5) is 10.6 Å². The molecule has 0 aromatic carbocycles. The van der Waals surface area contributed by atoms with Gasteiger partial charge in [-0.05, 0) is 39.5 Å².